The van der Waals surface area contributed by atoms with Crippen molar-refractivity contribution >= 4 is 15.9 Å². The van der Waals surface area contributed by atoms with Crippen LogP contribution in [0.15, 0.2) is 47.4 Å². The molecule has 6 nitrogen and oxygen atoms in total. The molecular formula is C18H22N2O4S. The molecule has 2 rings (SSSR count). The van der Waals surface area contributed by atoms with Crippen molar-refractivity contribution in [3.63, 3.8) is 0 Å². The smallest absolute Gasteiger partial charge is 0.254 e. The number of hydrogen-bond donors (Lipinski definition) is 2. The third-order valence-electron chi connectivity index (χ3n) is 3.86. The van der Waals surface area contributed by atoms with E-state index in [0.29, 0.717) is 5.75 Å². The highest BCUT2D eigenvalue weighted by Crippen LogP contribution is 2.24. The Balaban J connectivity index is 2.32. The number of sulfonamides is 1. The molecule has 1 atom stereocenters. The van der Waals surface area contributed by atoms with Crippen molar-refractivity contribution in [3.8, 4) is 5.75 Å². The van der Waals surface area contributed by atoms with E-state index in [1.165, 1.54) is 32.4 Å². The lowest BCUT2D eigenvalue weighted by molar-refractivity contribution is 0.0960. The Kier molecular flexibility index (Phi) is 5.81. The van der Waals surface area contributed by atoms with Gasteiger partial charge >= 0.3 is 0 Å². The van der Waals surface area contributed by atoms with E-state index in [4.69, 9.17) is 4.74 Å². The fraction of sp³-hybridized carbons (Fsp3) is 0.278. The van der Waals surface area contributed by atoms with E-state index in [0.717, 1.165) is 11.1 Å². The van der Waals surface area contributed by atoms with Gasteiger partial charge < -0.3 is 10.1 Å². The standard InChI is InChI=1S/C18H22N2O4S/c1-12-5-7-14(8-6-12)13(2)20-25(22,23)15-9-10-17(24-4)16(11-15)18(21)19-3/h5-11,13,20H,1-4H3,(H,19,21)/t13-/m0/s1. The second-order valence-electron chi connectivity index (χ2n) is 5.69. The number of benzene rings is 2. The van der Waals surface area contributed by atoms with Crippen LogP contribution in [0.25, 0.3) is 0 Å². The lowest BCUT2D eigenvalue weighted by Crippen LogP contribution is -2.27. The Morgan fingerprint density at radius 2 is 1.76 bits per heavy atom. The molecular weight excluding hydrogens is 340 g/mol. The van der Waals surface area contributed by atoms with Crippen LogP contribution >= 0.6 is 0 Å². The maximum atomic E-state index is 12.7. The van der Waals surface area contributed by atoms with E-state index < -0.39 is 22.0 Å². The van der Waals surface area contributed by atoms with Gasteiger partial charge in [0, 0.05) is 13.1 Å². The number of aryl methyl sites for hydroxylation is 1. The summed E-state index contributed by atoms with van der Waals surface area (Å²) in [5, 5.41) is 2.47. The van der Waals surface area contributed by atoms with E-state index in [2.05, 4.69) is 10.0 Å². The fourth-order valence-corrected chi connectivity index (χ4v) is 3.65. The number of carbonyl (C=O) groups is 1. The molecule has 134 valence electrons. The van der Waals surface area contributed by atoms with E-state index in [9.17, 15) is 13.2 Å². The predicted octanol–water partition coefficient (Wildman–Crippen LogP) is 2.40. The largest absolute Gasteiger partial charge is 0.496 e. The van der Waals surface area contributed by atoms with Gasteiger partial charge in [-0.3, -0.25) is 4.79 Å². The van der Waals surface area contributed by atoms with Crippen LogP contribution in [0.2, 0.25) is 0 Å². The highest BCUT2D eigenvalue weighted by atomic mass is 32.2. The monoisotopic (exact) mass is 362 g/mol. The zero-order valence-corrected chi connectivity index (χ0v) is 15.5. The molecule has 0 aromatic heterocycles. The van der Waals surface area contributed by atoms with E-state index >= 15 is 0 Å². The minimum atomic E-state index is -3.79. The fourth-order valence-electron chi connectivity index (χ4n) is 2.39. The number of carbonyl (C=O) groups excluding carboxylic acids is 1. The van der Waals surface area contributed by atoms with Crippen LogP contribution in [0, 0.1) is 6.92 Å². The maximum absolute atomic E-state index is 12.7. The molecule has 0 bridgehead atoms. The minimum absolute atomic E-state index is 0.00543. The number of rotatable bonds is 6. The molecule has 0 unspecified atom stereocenters. The Hall–Kier alpha value is -2.38. The quantitative estimate of drug-likeness (QED) is 0.826. The molecule has 2 aromatic carbocycles. The summed E-state index contributed by atoms with van der Waals surface area (Å²) in [7, 11) is -0.895. The molecule has 0 fully saturated rings. The molecule has 0 saturated carbocycles. The van der Waals surface area contributed by atoms with Crippen molar-refractivity contribution in [2.75, 3.05) is 14.2 Å². The molecule has 7 heteroatoms. The summed E-state index contributed by atoms with van der Waals surface area (Å²) in [4.78, 5) is 11.9. The summed E-state index contributed by atoms with van der Waals surface area (Å²) >= 11 is 0. The van der Waals surface area contributed by atoms with Crippen LogP contribution in [0.3, 0.4) is 0 Å². The van der Waals surface area contributed by atoms with Crippen LogP contribution in [0.5, 0.6) is 5.75 Å². The molecule has 2 N–H and O–H groups in total. The average Bonchev–Trinajstić information content (AvgIpc) is 2.60. The molecule has 2 aromatic rings. The molecule has 0 aliphatic carbocycles. The summed E-state index contributed by atoms with van der Waals surface area (Å²) in [6.07, 6.45) is 0. The normalized spacial score (nSPS) is 12.5. The SMILES string of the molecule is CNC(=O)c1cc(S(=O)(=O)N[C@@H](C)c2ccc(C)cc2)ccc1OC. The first-order valence-electron chi connectivity index (χ1n) is 7.77. The average molecular weight is 362 g/mol. The summed E-state index contributed by atoms with van der Waals surface area (Å²) in [6, 6.07) is 11.4. The van der Waals surface area contributed by atoms with Crippen molar-refractivity contribution in [2.24, 2.45) is 0 Å². The van der Waals surface area contributed by atoms with Crippen molar-refractivity contribution in [1.82, 2.24) is 10.0 Å². The van der Waals surface area contributed by atoms with Gasteiger partial charge in [0.05, 0.1) is 17.6 Å². The minimum Gasteiger partial charge on any atom is -0.496 e. The van der Waals surface area contributed by atoms with Gasteiger partial charge in [-0.1, -0.05) is 29.8 Å². The van der Waals surface area contributed by atoms with Crippen LogP contribution < -0.4 is 14.8 Å². The van der Waals surface area contributed by atoms with E-state index in [1.54, 1.807) is 6.92 Å². The van der Waals surface area contributed by atoms with Gasteiger partial charge in [-0.2, -0.15) is 0 Å². The van der Waals surface area contributed by atoms with Gasteiger partial charge in [-0.05, 0) is 37.6 Å². The zero-order chi connectivity index (χ0) is 18.6. The van der Waals surface area contributed by atoms with Gasteiger partial charge in [0.15, 0.2) is 0 Å². The number of hydrogen-bond acceptors (Lipinski definition) is 4. The third-order valence-corrected chi connectivity index (χ3v) is 5.40. The molecule has 25 heavy (non-hydrogen) atoms. The Bertz CT molecular complexity index is 861. The Morgan fingerprint density at radius 3 is 2.32 bits per heavy atom. The van der Waals surface area contributed by atoms with Gasteiger partial charge in [0.2, 0.25) is 10.0 Å². The Labute approximate surface area is 148 Å². The van der Waals surface area contributed by atoms with Gasteiger partial charge in [0.1, 0.15) is 5.75 Å². The Morgan fingerprint density at radius 1 is 1.12 bits per heavy atom. The summed E-state index contributed by atoms with van der Waals surface area (Å²) in [5.41, 5.74) is 2.12. The summed E-state index contributed by atoms with van der Waals surface area (Å²) in [6.45, 7) is 3.74. The van der Waals surface area contributed by atoms with Crippen LogP contribution in [0.4, 0.5) is 0 Å². The molecule has 0 aliphatic rings. The highest BCUT2D eigenvalue weighted by molar-refractivity contribution is 7.89. The maximum Gasteiger partial charge on any atom is 0.254 e. The number of amides is 1. The van der Waals surface area contributed by atoms with E-state index in [1.807, 2.05) is 31.2 Å². The molecule has 0 saturated heterocycles. The zero-order valence-electron chi connectivity index (χ0n) is 14.7. The third kappa shape index (κ3) is 4.37. The van der Waals surface area contributed by atoms with Gasteiger partial charge in [-0.25, -0.2) is 13.1 Å². The van der Waals surface area contributed by atoms with Crippen molar-refractivity contribution < 1.29 is 17.9 Å². The molecule has 0 spiro atoms. The van der Waals surface area contributed by atoms with E-state index in [-0.39, 0.29) is 10.5 Å². The van der Waals surface area contributed by atoms with Crippen molar-refractivity contribution in [1.29, 1.82) is 0 Å². The van der Waals surface area contributed by atoms with Crippen LogP contribution in [0.1, 0.15) is 34.5 Å². The first-order chi connectivity index (χ1) is 11.8. The first-order valence-corrected chi connectivity index (χ1v) is 9.26. The lowest BCUT2D eigenvalue weighted by Gasteiger charge is -2.16. The molecule has 1 amide bonds. The second kappa shape index (κ2) is 7.67. The summed E-state index contributed by atoms with van der Waals surface area (Å²) < 4.78 is 33.1. The second-order valence-corrected chi connectivity index (χ2v) is 7.41. The van der Waals surface area contributed by atoms with Crippen LogP contribution in [-0.2, 0) is 10.0 Å². The molecule has 0 radical (unpaired) electrons. The topological polar surface area (TPSA) is 84.5 Å². The molecule has 0 heterocycles. The lowest BCUT2D eigenvalue weighted by atomic mass is 10.1. The number of methoxy groups -OCH3 is 1. The van der Waals surface area contributed by atoms with Crippen LogP contribution in [-0.4, -0.2) is 28.5 Å². The van der Waals surface area contributed by atoms with Crippen molar-refractivity contribution in [2.45, 2.75) is 24.8 Å². The predicted molar refractivity (Wildman–Crippen MR) is 96.3 cm³/mol. The first kappa shape index (κ1) is 19.0. The molecule has 0 aliphatic heterocycles. The van der Waals surface area contributed by atoms with Gasteiger partial charge in [0.25, 0.3) is 5.91 Å². The summed E-state index contributed by atoms with van der Waals surface area (Å²) in [5.74, 6) is -0.106. The van der Waals surface area contributed by atoms with Crippen molar-refractivity contribution in [3.05, 3.63) is 59.2 Å². The number of nitrogens with one attached hydrogen (secondary N) is 2. The highest BCUT2D eigenvalue weighted by Gasteiger charge is 2.21. The number of ether oxygens (including phenoxy) is 1. The van der Waals surface area contributed by atoms with Gasteiger partial charge in [-0.15, -0.1) is 0 Å².